The summed E-state index contributed by atoms with van der Waals surface area (Å²) in [5, 5.41) is 2.74. The maximum atomic E-state index is 12.9. The molecule has 4 amide bonds. The van der Waals surface area contributed by atoms with Gasteiger partial charge in [0.1, 0.15) is 12.1 Å². The fraction of sp³-hybridized carbons (Fsp3) is 0.526. The second kappa shape index (κ2) is 7.48. The van der Waals surface area contributed by atoms with Gasteiger partial charge >= 0.3 is 6.03 Å². The number of aryl methyl sites for hydroxylation is 1. The topological polar surface area (TPSA) is 95.7 Å². The average molecular weight is 395 g/mol. The van der Waals surface area contributed by atoms with Gasteiger partial charge < -0.3 is 16.0 Å². The average Bonchev–Trinajstić information content (AvgIpc) is 3.10. The number of rotatable bonds is 4. The summed E-state index contributed by atoms with van der Waals surface area (Å²) in [6.07, 6.45) is 0.830. The molecule has 0 saturated carbocycles. The summed E-state index contributed by atoms with van der Waals surface area (Å²) < 4.78 is 0. The van der Waals surface area contributed by atoms with E-state index >= 15 is 0 Å². The van der Waals surface area contributed by atoms with Crippen LogP contribution >= 0.6 is 12.4 Å². The molecule has 148 valence electrons. The van der Waals surface area contributed by atoms with Crippen LogP contribution in [0.15, 0.2) is 24.3 Å². The summed E-state index contributed by atoms with van der Waals surface area (Å²) in [7, 11) is 0. The minimum Gasteiger partial charge on any atom is -0.341 e. The molecule has 0 spiro atoms. The number of halogens is 1. The van der Waals surface area contributed by atoms with Crippen molar-refractivity contribution in [2.75, 3.05) is 26.2 Å². The van der Waals surface area contributed by atoms with Crippen molar-refractivity contribution in [3.05, 3.63) is 35.4 Å². The first-order valence-corrected chi connectivity index (χ1v) is 8.88. The Hall–Kier alpha value is -2.12. The molecule has 0 aliphatic carbocycles. The van der Waals surface area contributed by atoms with Gasteiger partial charge in [-0.25, -0.2) is 4.79 Å². The summed E-state index contributed by atoms with van der Waals surface area (Å²) in [4.78, 5) is 40.6. The van der Waals surface area contributed by atoms with E-state index in [2.05, 4.69) is 5.32 Å². The van der Waals surface area contributed by atoms with Gasteiger partial charge in [0.05, 0.1) is 0 Å². The normalized spacial score (nSPS) is 27.6. The van der Waals surface area contributed by atoms with Gasteiger partial charge in [0.25, 0.3) is 5.91 Å². The highest BCUT2D eigenvalue weighted by Gasteiger charge is 2.50. The van der Waals surface area contributed by atoms with E-state index in [-0.39, 0.29) is 30.3 Å². The maximum absolute atomic E-state index is 12.9. The van der Waals surface area contributed by atoms with Crippen molar-refractivity contribution in [2.24, 2.45) is 11.1 Å². The van der Waals surface area contributed by atoms with Gasteiger partial charge in [-0.3, -0.25) is 14.5 Å². The van der Waals surface area contributed by atoms with Gasteiger partial charge in [0.2, 0.25) is 5.91 Å². The third kappa shape index (κ3) is 3.80. The monoisotopic (exact) mass is 394 g/mol. The number of amides is 4. The number of nitrogens with zero attached hydrogens (tertiary/aromatic N) is 2. The lowest BCUT2D eigenvalue weighted by molar-refractivity contribution is -0.138. The second-order valence-corrected chi connectivity index (χ2v) is 7.89. The number of imide groups is 1. The molecule has 27 heavy (non-hydrogen) atoms. The highest BCUT2D eigenvalue weighted by atomic mass is 35.5. The molecule has 2 saturated heterocycles. The predicted molar refractivity (Wildman–Crippen MR) is 104 cm³/mol. The SMILES string of the molecule is Cc1ccc(C2(C)NC(=O)N(CC(=O)N3CCC(C)(CN)C3)C2=O)cc1.Cl. The number of carbonyl (C=O) groups excluding carboxylic acids is 3. The number of hydrogen-bond donors (Lipinski definition) is 2. The molecule has 0 radical (unpaired) electrons. The van der Waals surface area contributed by atoms with Crippen LogP contribution < -0.4 is 11.1 Å². The Morgan fingerprint density at radius 2 is 1.85 bits per heavy atom. The van der Waals surface area contributed by atoms with Gasteiger partial charge in [-0.1, -0.05) is 36.8 Å². The van der Waals surface area contributed by atoms with Gasteiger partial charge in [-0.15, -0.1) is 12.4 Å². The quantitative estimate of drug-likeness (QED) is 0.754. The first-order valence-electron chi connectivity index (χ1n) is 8.88. The van der Waals surface area contributed by atoms with Crippen LogP contribution in [0, 0.1) is 12.3 Å². The summed E-state index contributed by atoms with van der Waals surface area (Å²) in [5.74, 6) is -0.626. The molecule has 2 aliphatic heterocycles. The van der Waals surface area contributed by atoms with Crippen molar-refractivity contribution >= 4 is 30.3 Å². The first-order chi connectivity index (χ1) is 12.2. The van der Waals surface area contributed by atoms with Crippen molar-refractivity contribution in [1.29, 1.82) is 0 Å². The van der Waals surface area contributed by atoms with Crippen molar-refractivity contribution in [3.63, 3.8) is 0 Å². The van der Waals surface area contributed by atoms with Crippen LogP contribution in [0.5, 0.6) is 0 Å². The fourth-order valence-electron chi connectivity index (χ4n) is 3.56. The highest BCUT2D eigenvalue weighted by molar-refractivity contribution is 6.09. The lowest BCUT2D eigenvalue weighted by Gasteiger charge is -2.24. The molecule has 3 rings (SSSR count). The Balaban J connectivity index is 0.00000261. The Morgan fingerprint density at radius 1 is 1.22 bits per heavy atom. The summed E-state index contributed by atoms with van der Waals surface area (Å²) >= 11 is 0. The summed E-state index contributed by atoms with van der Waals surface area (Å²) in [6, 6.07) is 6.90. The lowest BCUT2D eigenvalue weighted by atomic mass is 9.90. The highest BCUT2D eigenvalue weighted by Crippen LogP contribution is 2.31. The van der Waals surface area contributed by atoms with Gasteiger partial charge in [-0.05, 0) is 37.8 Å². The molecule has 8 heteroatoms. The number of carbonyl (C=O) groups is 3. The van der Waals surface area contributed by atoms with Crippen molar-refractivity contribution < 1.29 is 14.4 Å². The molecule has 2 heterocycles. The zero-order valence-corrected chi connectivity index (χ0v) is 16.8. The third-order valence-electron chi connectivity index (χ3n) is 5.60. The van der Waals surface area contributed by atoms with Crippen LogP contribution in [0.1, 0.15) is 31.4 Å². The van der Waals surface area contributed by atoms with Crippen molar-refractivity contribution in [3.8, 4) is 0 Å². The zero-order chi connectivity index (χ0) is 19.1. The number of nitrogens with two attached hydrogens (primary N) is 1. The zero-order valence-electron chi connectivity index (χ0n) is 15.9. The maximum Gasteiger partial charge on any atom is 0.325 e. The molecule has 0 aromatic heterocycles. The van der Waals surface area contributed by atoms with Gasteiger partial charge in [0, 0.05) is 13.1 Å². The van der Waals surface area contributed by atoms with Crippen LogP contribution in [-0.4, -0.2) is 53.8 Å². The Morgan fingerprint density at radius 3 is 2.41 bits per heavy atom. The smallest absolute Gasteiger partial charge is 0.325 e. The predicted octanol–water partition coefficient (Wildman–Crippen LogP) is 1.38. The van der Waals surface area contributed by atoms with Crippen LogP contribution in [0.25, 0.3) is 0 Å². The van der Waals surface area contributed by atoms with E-state index in [0.717, 1.165) is 16.9 Å². The van der Waals surface area contributed by atoms with Crippen molar-refractivity contribution in [1.82, 2.24) is 15.1 Å². The Bertz CT molecular complexity index is 754. The van der Waals surface area contributed by atoms with E-state index < -0.39 is 17.5 Å². The molecule has 2 fully saturated rings. The number of nitrogens with one attached hydrogen (secondary N) is 1. The Labute approximate surface area is 165 Å². The molecule has 2 atom stereocenters. The standard InChI is InChI=1S/C19H26N4O3.ClH/c1-13-4-6-14(7-5-13)19(3)16(25)23(17(26)21-19)10-15(24)22-9-8-18(2,11-20)12-22;/h4-7H,8-12,20H2,1-3H3,(H,21,26);1H. The largest absolute Gasteiger partial charge is 0.341 e. The van der Waals surface area contributed by atoms with E-state index in [1.54, 1.807) is 11.8 Å². The van der Waals surface area contributed by atoms with E-state index in [0.29, 0.717) is 25.2 Å². The molecule has 2 aliphatic rings. The van der Waals surface area contributed by atoms with Crippen LogP contribution in [0.3, 0.4) is 0 Å². The summed E-state index contributed by atoms with van der Waals surface area (Å²) in [5.41, 5.74) is 6.31. The number of hydrogen-bond acceptors (Lipinski definition) is 4. The lowest BCUT2D eigenvalue weighted by Crippen LogP contribution is -2.44. The van der Waals surface area contributed by atoms with E-state index in [4.69, 9.17) is 5.73 Å². The first kappa shape index (κ1) is 21.2. The summed E-state index contributed by atoms with van der Waals surface area (Å²) in [6.45, 7) is 7.09. The van der Waals surface area contributed by atoms with Gasteiger partial charge in [-0.2, -0.15) is 0 Å². The third-order valence-corrected chi connectivity index (χ3v) is 5.60. The minimum atomic E-state index is -1.15. The number of benzene rings is 1. The molecule has 0 bridgehead atoms. The molecule has 7 nitrogen and oxygen atoms in total. The second-order valence-electron chi connectivity index (χ2n) is 7.89. The van der Waals surface area contributed by atoms with E-state index in [1.165, 1.54) is 0 Å². The van der Waals surface area contributed by atoms with Crippen LogP contribution in [0.2, 0.25) is 0 Å². The van der Waals surface area contributed by atoms with E-state index in [9.17, 15) is 14.4 Å². The molecule has 1 aromatic carbocycles. The van der Waals surface area contributed by atoms with Gasteiger partial charge in [0.15, 0.2) is 0 Å². The number of likely N-dealkylation sites (tertiary alicyclic amines) is 1. The fourth-order valence-corrected chi connectivity index (χ4v) is 3.56. The van der Waals surface area contributed by atoms with Crippen LogP contribution in [0.4, 0.5) is 4.79 Å². The molecule has 1 aromatic rings. The molecule has 2 unspecified atom stereocenters. The molecular formula is C19H27ClN4O3. The minimum absolute atomic E-state index is 0. The molecular weight excluding hydrogens is 368 g/mol. The van der Waals surface area contributed by atoms with Crippen LogP contribution in [-0.2, 0) is 15.1 Å². The van der Waals surface area contributed by atoms with E-state index in [1.807, 2.05) is 38.1 Å². The van der Waals surface area contributed by atoms with Crippen molar-refractivity contribution in [2.45, 2.75) is 32.7 Å². The Kier molecular flexibility index (Phi) is 5.87. The molecule has 3 N–H and O–H groups in total. The number of urea groups is 1.